The molecule has 0 N–H and O–H groups in total. The maximum absolute atomic E-state index is 11.8. The van der Waals surface area contributed by atoms with Crippen molar-refractivity contribution in [3.05, 3.63) is 46.0 Å². The molecule has 0 saturated carbocycles. The van der Waals surface area contributed by atoms with Gasteiger partial charge in [-0.25, -0.2) is 0 Å². The number of hydrogen-bond donors (Lipinski definition) is 0. The van der Waals surface area contributed by atoms with Crippen LogP contribution in [-0.2, 0) is 0 Å². The van der Waals surface area contributed by atoms with Crippen LogP contribution in [-0.4, -0.2) is 5.78 Å². The van der Waals surface area contributed by atoms with Gasteiger partial charge in [0.05, 0.1) is 0 Å². The molecule has 15 heavy (non-hydrogen) atoms. The number of Topliss-reactive ketones (excluding diaryl/α,β-unsaturated/α-hetero) is 1. The second-order valence-corrected chi connectivity index (χ2v) is 4.72. The summed E-state index contributed by atoms with van der Waals surface area (Å²) in [5.74, 6) is 0.171. The largest absolute Gasteiger partial charge is 0.294 e. The standard InChI is InChI=1S/C13H15BrO/c1-9(2)4-7-13(15)11-6-5-10(3)8-12(11)14/h5-6,8H,1,4,7H2,2-3H3. The number of rotatable bonds is 4. The first-order chi connectivity index (χ1) is 7.00. The van der Waals surface area contributed by atoms with Crippen LogP contribution in [0.3, 0.4) is 0 Å². The molecular weight excluding hydrogens is 252 g/mol. The Morgan fingerprint density at radius 1 is 1.40 bits per heavy atom. The molecule has 0 aromatic heterocycles. The van der Waals surface area contributed by atoms with Gasteiger partial charge in [-0.15, -0.1) is 6.58 Å². The lowest BCUT2D eigenvalue weighted by Crippen LogP contribution is -2.00. The van der Waals surface area contributed by atoms with Crippen LogP contribution < -0.4 is 0 Å². The summed E-state index contributed by atoms with van der Waals surface area (Å²) in [7, 11) is 0. The normalized spacial score (nSPS) is 10.1. The molecule has 2 heteroatoms. The van der Waals surface area contributed by atoms with Crippen molar-refractivity contribution in [3.8, 4) is 0 Å². The highest BCUT2D eigenvalue weighted by Gasteiger charge is 2.09. The van der Waals surface area contributed by atoms with E-state index in [0.29, 0.717) is 6.42 Å². The molecule has 1 aromatic carbocycles. The minimum atomic E-state index is 0.171. The highest BCUT2D eigenvalue weighted by atomic mass is 79.9. The molecule has 0 bridgehead atoms. The first-order valence-corrected chi connectivity index (χ1v) is 5.73. The van der Waals surface area contributed by atoms with E-state index in [1.165, 1.54) is 0 Å². The fraction of sp³-hybridized carbons (Fsp3) is 0.308. The molecule has 0 aliphatic heterocycles. The number of hydrogen-bond acceptors (Lipinski definition) is 1. The predicted molar refractivity (Wildman–Crippen MR) is 67.3 cm³/mol. The molecule has 0 fully saturated rings. The Hall–Kier alpha value is -0.890. The van der Waals surface area contributed by atoms with Gasteiger partial charge < -0.3 is 0 Å². The Labute approximate surface area is 99.3 Å². The summed E-state index contributed by atoms with van der Waals surface area (Å²) in [6, 6.07) is 5.80. The lowest BCUT2D eigenvalue weighted by atomic mass is 10.0. The molecule has 0 amide bonds. The molecule has 0 atom stereocenters. The smallest absolute Gasteiger partial charge is 0.164 e. The summed E-state index contributed by atoms with van der Waals surface area (Å²) in [5.41, 5.74) is 2.96. The van der Waals surface area contributed by atoms with Crippen LogP contribution in [0.1, 0.15) is 35.7 Å². The number of carbonyl (C=O) groups is 1. The van der Waals surface area contributed by atoms with Crippen molar-refractivity contribution in [1.29, 1.82) is 0 Å². The van der Waals surface area contributed by atoms with Gasteiger partial charge in [-0.2, -0.15) is 0 Å². The lowest BCUT2D eigenvalue weighted by molar-refractivity contribution is 0.0982. The molecule has 0 radical (unpaired) electrons. The van der Waals surface area contributed by atoms with Crippen LogP contribution in [0.4, 0.5) is 0 Å². The maximum Gasteiger partial charge on any atom is 0.164 e. The SMILES string of the molecule is C=C(C)CCC(=O)c1ccc(C)cc1Br. The Bertz CT molecular complexity index is 394. The topological polar surface area (TPSA) is 17.1 Å². The van der Waals surface area contributed by atoms with Crippen LogP contribution >= 0.6 is 15.9 Å². The van der Waals surface area contributed by atoms with Crippen LogP contribution in [0.5, 0.6) is 0 Å². The molecule has 0 aliphatic carbocycles. The zero-order valence-electron chi connectivity index (χ0n) is 9.14. The Morgan fingerprint density at radius 3 is 2.60 bits per heavy atom. The summed E-state index contributed by atoms with van der Waals surface area (Å²) >= 11 is 3.41. The van der Waals surface area contributed by atoms with Gasteiger partial charge in [-0.3, -0.25) is 4.79 Å². The van der Waals surface area contributed by atoms with E-state index in [1.807, 2.05) is 32.0 Å². The first kappa shape index (κ1) is 12.2. The van der Waals surface area contributed by atoms with Crippen LogP contribution in [0.15, 0.2) is 34.8 Å². The Morgan fingerprint density at radius 2 is 2.07 bits per heavy atom. The number of ketones is 1. The zero-order valence-corrected chi connectivity index (χ0v) is 10.7. The third kappa shape index (κ3) is 3.63. The highest BCUT2D eigenvalue weighted by Crippen LogP contribution is 2.20. The van der Waals surface area contributed by atoms with Crippen molar-refractivity contribution in [2.24, 2.45) is 0 Å². The third-order valence-electron chi connectivity index (χ3n) is 2.20. The maximum atomic E-state index is 11.8. The molecule has 0 spiro atoms. The average molecular weight is 267 g/mol. The molecule has 0 aliphatic rings. The predicted octanol–water partition coefficient (Wildman–Crippen LogP) is 4.30. The van der Waals surface area contributed by atoms with E-state index in [2.05, 4.69) is 22.5 Å². The number of aryl methyl sites for hydroxylation is 1. The minimum absolute atomic E-state index is 0.171. The third-order valence-corrected chi connectivity index (χ3v) is 2.86. The van der Waals surface area contributed by atoms with E-state index in [-0.39, 0.29) is 5.78 Å². The summed E-state index contributed by atoms with van der Waals surface area (Å²) in [6.07, 6.45) is 1.30. The van der Waals surface area contributed by atoms with Gasteiger partial charge in [0.25, 0.3) is 0 Å². The van der Waals surface area contributed by atoms with Gasteiger partial charge in [0, 0.05) is 16.5 Å². The Balaban J connectivity index is 2.78. The summed E-state index contributed by atoms with van der Waals surface area (Å²) in [6.45, 7) is 7.74. The van der Waals surface area contributed by atoms with E-state index < -0.39 is 0 Å². The number of allylic oxidation sites excluding steroid dienone is 1. The molecule has 1 aromatic rings. The summed E-state index contributed by atoms with van der Waals surface area (Å²) in [5, 5.41) is 0. The number of halogens is 1. The van der Waals surface area contributed by atoms with Crippen molar-refractivity contribution < 1.29 is 4.79 Å². The molecule has 0 unspecified atom stereocenters. The van der Waals surface area contributed by atoms with Gasteiger partial charge in [-0.05, 0) is 31.9 Å². The molecule has 80 valence electrons. The lowest BCUT2D eigenvalue weighted by Gasteiger charge is -2.04. The van der Waals surface area contributed by atoms with E-state index in [4.69, 9.17) is 0 Å². The molecular formula is C13H15BrO. The van der Waals surface area contributed by atoms with Crippen LogP contribution in [0.2, 0.25) is 0 Å². The molecule has 0 heterocycles. The fourth-order valence-electron chi connectivity index (χ4n) is 1.31. The van der Waals surface area contributed by atoms with Gasteiger partial charge in [0.1, 0.15) is 0 Å². The van der Waals surface area contributed by atoms with Crippen LogP contribution in [0.25, 0.3) is 0 Å². The van der Waals surface area contributed by atoms with Gasteiger partial charge >= 0.3 is 0 Å². The zero-order chi connectivity index (χ0) is 11.4. The molecule has 1 rings (SSSR count). The number of carbonyl (C=O) groups excluding carboxylic acids is 1. The average Bonchev–Trinajstić information content (AvgIpc) is 2.14. The van der Waals surface area contributed by atoms with Crippen molar-refractivity contribution in [2.75, 3.05) is 0 Å². The monoisotopic (exact) mass is 266 g/mol. The first-order valence-electron chi connectivity index (χ1n) is 4.94. The summed E-state index contributed by atoms with van der Waals surface area (Å²) < 4.78 is 0.884. The second kappa shape index (κ2) is 5.26. The van der Waals surface area contributed by atoms with Crippen molar-refractivity contribution in [1.82, 2.24) is 0 Å². The van der Waals surface area contributed by atoms with Crippen molar-refractivity contribution >= 4 is 21.7 Å². The van der Waals surface area contributed by atoms with Crippen LogP contribution in [0, 0.1) is 6.92 Å². The quantitative estimate of drug-likeness (QED) is 0.587. The summed E-state index contributed by atoms with van der Waals surface area (Å²) in [4.78, 5) is 11.8. The minimum Gasteiger partial charge on any atom is -0.294 e. The van der Waals surface area contributed by atoms with E-state index in [1.54, 1.807) is 0 Å². The highest BCUT2D eigenvalue weighted by molar-refractivity contribution is 9.10. The van der Waals surface area contributed by atoms with Crippen molar-refractivity contribution in [3.63, 3.8) is 0 Å². The van der Waals surface area contributed by atoms with E-state index in [9.17, 15) is 4.79 Å². The van der Waals surface area contributed by atoms with Gasteiger partial charge in [0.2, 0.25) is 0 Å². The molecule has 1 nitrogen and oxygen atoms in total. The van der Waals surface area contributed by atoms with Crippen molar-refractivity contribution in [2.45, 2.75) is 26.7 Å². The van der Waals surface area contributed by atoms with E-state index >= 15 is 0 Å². The Kier molecular flexibility index (Phi) is 4.28. The number of benzene rings is 1. The van der Waals surface area contributed by atoms with Gasteiger partial charge in [0.15, 0.2) is 5.78 Å². The second-order valence-electron chi connectivity index (χ2n) is 3.86. The van der Waals surface area contributed by atoms with E-state index in [0.717, 1.165) is 27.6 Å². The molecule has 0 saturated heterocycles. The fourth-order valence-corrected chi connectivity index (χ4v) is 2.02. The van der Waals surface area contributed by atoms with Gasteiger partial charge in [-0.1, -0.05) is 33.6 Å².